The van der Waals surface area contributed by atoms with Crippen LogP contribution in [0.25, 0.3) is 21.5 Å². The van der Waals surface area contributed by atoms with Gasteiger partial charge in [0.1, 0.15) is 11.6 Å². The van der Waals surface area contributed by atoms with Gasteiger partial charge in [0.05, 0.1) is 5.69 Å². The van der Waals surface area contributed by atoms with Gasteiger partial charge in [0.25, 0.3) is 0 Å². The quantitative estimate of drug-likeness (QED) is 0.379. The van der Waals surface area contributed by atoms with Crippen molar-refractivity contribution in [1.82, 2.24) is 9.97 Å². The lowest BCUT2D eigenvalue weighted by atomic mass is 10.0. The lowest BCUT2D eigenvalue weighted by molar-refractivity contribution is -0.145. The monoisotopic (exact) mass is 404 g/mol. The predicted molar refractivity (Wildman–Crippen MR) is 118 cm³/mol. The molecule has 5 heteroatoms. The molecule has 0 saturated heterocycles. The van der Waals surface area contributed by atoms with Crippen LogP contribution in [-0.4, -0.2) is 15.9 Å². The number of H-pyrrole nitrogens is 1. The molecule has 2 aromatic heterocycles. The minimum absolute atomic E-state index is 0.203. The summed E-state index contributed by atoms with van der Waals surface area (Å²) >= 11 is 1.57. The van der Waals surface area contributed by atoms with Crippen molar-refractivity contribution < 1.29 is 9.53 Å². The molecule has 0 bridgehead atoms. The normalized spacial score (nSPS) is 11.3. The van der Waals surface area contributed by atoms with Gasteiger partial charge in [0, 0.05) is 34.5 Å². The van der Waals surface area contributed by atoms with Gasteiger partial charge in [-0.2, -0.15) is 0 Å². The van der Waals surface area contributed by atoms with Crippen LogP contribution in [0.3, 0.4) is 0 Å². The Morgan fingerprint density at radius 1 is 1.14 bits per heavy atom. The third-order valence-electron chi connectivity index (χ3n) is 5.03. The molecule has 148 valence electrons. The van der Waals surface area contributed by atoms with Crippen LogP contribution in [0.5, 0.6) is 0 Å². The minimum atomic E-state index is -0.203. The second-order valence-electron chi connectivity index (χ2n) is 7.44. The van der Waals surface area contributed by atoms with Gasteiger partial charge in [-0.1, -0.05) is 56.3 Å². The highest BCUT2D eigenvalue weighted by atomic mass is 32.1. The van der Waals surface area contributed by atoms with Crippen LogP contribution in [0.1, 0.15) is 43.0 Å². The van der Waals surface area contributed by atoms with Gasteiger partial charge in [0.15, 0.2) is 0 Å². The second-order valence-corrected chi connectivity index (χ2v) is 8.30. The van der Waals surface area contributed by atoms with Crippen molar-refractivity contribution in [2.45, 2.75) is 39.2 Å². The fourth-order valence-corrected chi connectivity index (χ4v) is 4.13. The highest BCUT2D eigenvalue weighted by Gasteiger charge is 2.10. The van der Waals surface area contributed by atoms with Crippen LogP contribution >= 0.6 is 11.3 Å². The average Bonchev–Trinajstić information content (AvgIpc) is 3.38. The fourth-order valence-electron chi connectivity index (χ4n) is 3.32. The number of aromatic nitrogens is 2. The van der Waals surface area contributed by atoms with E-state index in [4.69, 9.17) is 4.74 Å². The van der Waals surface area contributed by atoms with Gasteiger partial charge in [-0.25, -0.2) is 4.98 Å². The van der Waals surface area contributed by atoms with Gasteiger partial charge in [-0.3, -0.25) is 4.79 Å². The molecule has 0 spiro atoms. The second kappa shape index (κ2) is 8.62. The van der Waals surface area contributed by atoms with Crippen LogP contribution in [0, 0.1) is 0 Å². The van der Waals surface area contributed by atoms with Crippen LogP contribution in [0.15, 0.2) is 60.1 Å². The number of carbonyl (C=O) groups excluding carboxylic acids is 1. The number of aryl methyl sites for hydroxylation is 1. The molecule has 29 heavy (non-hydrogen) atoms. The molecular formula is C24H24N2O2S. The zero-order valence-electron chi connectivity index (χ0n) is 16.6. The average molecular weight is 405 g/mol. The van der Waals surface area contributed by atoms with Crippen molar-refractivity contribution in [2.75, 3.05) is 0 Å². The Labute approximate surface area is 174 Å². The summed E-state index contributed by atoms with van der Waals surface area (Å²) in [5.41, 5.74) is 5.43. The van der Waals surface area contributed by atoms with E-state index in [1.54, 1.807) is 11.3 Å². The summed E-state index contributed by atoms with van der Waals surface area (Å²) in [7, 11) is 0. The Kier molecular flexibility index (Phi) is 5.76. The highest BCUT2D eigenvalue weighted by Crippen LogP contribution is 2.26. The zero-order valence-corrected chi connectivity index (χ0v) is 17.5. The van der Waals surface area contributed by atoms with Gasteiger partial charge in [-0.15, -0.1) is 11.3 Å². The van der Waals surface area contributed by atoms with E-state index in [1.807, 2.05) is 29.8 Å². The SMILES string of the molecule is CC(C)c1ccc(-c2nc(COC(=O)CCc3c[nH]c4ccccc34)cs2)cc1. The summed E-state index contributed by atoms with van der Waals surface area (Å²) in [5.74, 6) is 0.311. The Balaban J connectivity index is 1.30. The summed E-state index contributed by atoms with van der Waals surface area (Å²) in [6.45, 7) is 4.58. The summed E-state index contributed by atoms with van der Waals surface area (Å²) in [5, 5.41) is 4.07. The number of fused-ring (bicyclic) bond motifs is 1. The molecule has 0 unspecified atom stereocenters. The van der Waals surface area contributed by atoms with E-state index in [0.29, 0.717) is 18.8 Å². The van der Waals surface area contributed by atoms with Crippen molar-refractivity contribution in [3.8, 4) is 10.6 Å². The van der Waals surface area contributed by atoms with E-state index in [9.17, 15) is 4.79 Å². The van der Waals surface area contributed by atoms with Crippen LogP contribution in [0.2, 0.25) is 0 Å². The van der Waals surface area contributed by atoms with Gasteiger partial charge in [0.2, 0.25) is 0 Å². The number of nitrogens with one attached hydrogen (secondary N) is 1. The number of nitrogens with zero attached hydrogens (tertiary/aromatic N) is 1. The van der Waals surface area contributed by atoms with Crippen molar-refractivity contribution in [2.24, 2.45) is 0 Å². The maximum absolute atomic E-state index is 12.2. The lowest BCUT2D eigenvalue weighted by Crippen LogP contribution is -2.06. The molecule has 0 aliphatic rings. The molecular weight excluding hydrogens is 380 g/mol. The molecule has 2 aromatic carbocycles. The summed E-state index contributed by atoms with van der Waals surface area (Å²) in [4.78, 5) is 20.0. The largest absolute Gasteiger partial charge is 0.459 e. The molecule has 0 fully saturated rings. The smallest absolute Gasteiger partial charge is 0.306 e. The molecule has 0 aliphatic carbocycles. The summed E-state index contributed by atoms with van der Waals surface area (Å²) in [6, 6.07) is 16.6. The molecule has 4 rings (SSSR count). The fraction of sp³-hybridized carbons (Fsp3) is 0.250. The maximum Gasteiger partial charge on any atom is 0.306 e. The van der Waals surface area contributed by atoms with Crippen LogP contribution < -0.4 is 0 Å². The molecule has 1 N–H and O–H groups in total. The zero-order chi connectivity index (χ0) is 20.2. The third kappa shape index (κ3) is 4.57. The van der Waals surface area contributed by atoms with Gasteiger partial charge >= 0.3 is 5.97 Å². The summed E-state index contributed by atoms with van der Waals surface area (Å²) in [6.07, 6.45) is 2.98. The molecule has 0 saturated carbocycles. The minimum Gasteiger partial charge on any atom is -0.459 e. The van der Waals surface area contributed by atoms with Crippen molar-refractivity contribution in [1.29, 1.82) is 0 Å². The number of para-hydroxylation sites is 1. The van der Waals surface area contributed by atoms with Crippen LogP contribution in [0.4, 0.5) is 0 Å². The summed E-state index contributed by atoms with van der Waals surface area (Å²) < 4.78 is 5.43. The Hall–Kier alpha value is -2.92. The number of esters is 1. The van der Waals surface area contributed by atoms with Gasteiger partial charge < -0.3 is 9.72 Å². The third-order valence-corrected chi connectivity index (χ3v) is 5.97. The molecule has 0 radical (unpaired) electrons. The lowest BCUT2D eigenvalue weighted by Gasteiger charge is -2.05. The number of hydrogen-bond acceptors (Lipinski definition) is 4. The number of carbonyl (C=O) groups is 1. The van der Waals surface area contributed by atoms with Crippen molar-refractivity contribution >= 4 is 28.2 Å². The van der Waals surface area contributed by atoms with E-state index in [0.717, 1.165) is 32.7 Å². The Morgan fingerprint density at radius 2 is 1.93 bits per heavy atom. The Bertz CT molecular complexity index is 1110. The first-order chi connectivity index (χ1) is 14.1. The van der Waals surface area contributed by atoms with E-state index in [1.165, 1.54) is 5.56 Å². The number of aromatic amines is 1. The standard InChI is InChI=1S/C24H24N2O2S/c1-16(2)17-7-9-18(10-8-17)24-26-20(15-29-24)14-28-23(27)12-11-19-13-25-22-6-4-3-5-21(19)22/h3-10,13,15-16,25H,11-12,14H2,1-2H3. The number of benzene rings is 2. The molecule has 2 heterocycles. The molecule has 4 nitrogen and oxygen atoms in total. The first-order valence-electron chi connectivity index (χ1n) is 9.85. The van der Waals surface area contributed by atoms with E-state index in [-0.39, 0.29) is 12.6 Å². The van der Waals surface area contributed by atoms with E-state index >= 15 is 0 Å². The van der Waals surface area contributed by atoms with Crippen molar-refractivity contribution in [3.05, 3.63) is 76.9 Å². The van der Waals surface area contributed by atoms with Crippen molar-refractivity contribution in [3.63, 3.8) is 0 Å². The number of thiazole rings is 1. The number of ether oxygens (including phenoxy) is 1. The molecule has 4 aromatic rings. The van der Waals surface area contributed by atoms with E-state index in [2.05, 4.69) is 54.1 Å². The first kappa shape index (κ1) is 19.4. The van der Waals surface area contributed by atoms with E-state index < -0.39 is 0 Å². The topological polar surface area (TPSA) is 55.0 Å². The van der Waals surface area contributed by atoms with Crippen LogP contribution in [-0.2, 0) is 22.6 Å². The highest BCUT2D eigenvalue weighted by molar-refractivity contribution is 7.13. The number of rotatable bonds is 7. The molecule has 0 atom stereocenters. The van der Waals surface area contributed by atoms with Gasteiger partial charge in [-0.05, 0) is 29.5 Å². The number of hydrogen-bond donors (Lipinski definition) is 1. The Morgan fingerprint density at radius 3 is 2.72 bits per heavy atom. The molecule has 0 aliphatic heterocycles. The first-order valence-corrected chi connectivity index (χ1v) is 10.7. The molecule has 0 amide bonds. The predicted octanol–water partition coefficient (Wildman–Crippen LogP) is 6.09. The maximum atomic E-state index is 12.2.